The summed E-state index contributed by atoms with van der Waals surface area (Å²) >= 11 is 0. The van der Waals surface area contributed by atoms with Gasteiger partial charge in [0.15, 0.2) is 0 Å². The monoisotopic (exact) mass is 308 g/mol. The fourth-order valence-electron chi connectivity index (χ4n) is 2.56. The van der Waals surface area contributed by atoms with E-state index in [1.54, 1.807) is 7.11 Å². The lowest BCUT2D eigenvalue weighted by molar-refractivity contribution is 0.299. The predicted molar refractivity (Wildman–Crippen MR) is 92.9 cm³/mol. The molecule has 0 saturated heterocycles. The van der Waals surface area contributed by atoms with Crippen LogP contribution in [0.2, 0.25) is 0 Å². The number of aliphatic hydroxyl groups is 1. The normalized spacial score (nSPS) is 10.7. The molecule has 0 atom stereocenters. The summed E-state index contributed by atoms with van der Waals surface area (Å²) in [7, 11) is 1.64. The van der Waals surface area contributed by atoms with E-state index in [4.69, 9.17) is 9.84 Å². The standard InChI is InChI=1S/C19H20N2O2/c1-23-19-16(12-15-4-2-3-5-18(15)21-19)13-20-17-8-6-14(7-9-17)10-11-22/h2-9,12,20,22H,10-11,13H2,1H3. The Morgan fingerprint density at radius 1 is 1.09 bits per heavy atom. The number of methoxy groups -OCH3 is 1. The van der Waals surface area contributed by atoms with E-state index in [2.05, 4.69) is 22.4 Å². The maximum Gasteiger partial charge on any atom is 0.218 e. The van der Waals surface area contributed by atoms with E-state index in [9.17, 15) is 0 Å². The molecule has 0 saturated carbocycles. The zero-order valence-electron chi connectivity index (χ0n) is 13.1. The van der Waals surface area contributed by atoms with Crippen molar-refractivity contribution < 1.29 is 9.84 Å². The van der Waals surface area contributed by atoms with Crippen LogP contribution in [0.5, 0.6) is 5.88 Å². The summed E-state index contributed by atoms with van der Waals surface area (Å²) in [6.45, 7) is 0.813. The van der Waals surface area contributed by atoms with E-state index in [1.807, 2.05) is 42.5 Å². The number of hydrogen-bond donors (Lipinski definition) is 2. The Hall–Kier alpha value is -2.59. The molecule has 2 N–H and O–H groups in total. The molecule has 0 bridgehead atoms. The van der Waals surface area contributed by atoms with Gasteiger partial charge in [0, 0.05) is 29.8 Å². The summed E-state index contributed by atoms with van der Waals surface area (Å²) in [6.07, 6.45) is 0.683. The van der Waals surface area contributed by atoms with Gasteiger partial charge < -0.3 is 15.2 Å². The summed E-state index contributed by atoms with van der Waals surface area (Å²) in [4.78, 5) is 4.55. The highest BCUT2D eigenvalue weighted by atomic mass is 16.5. The van der Waals surface area contributed by atoms with Gasteiger partial charge in [0.1, 0.15) is 0 Å². The van der Waals surface area contributed by atoms with Crippen molar-refractivity contribution in [2.75, 3.05) is 19.0 Å². The number of ether oxygens (including phenoxy) is 1. The Balaban J connectivity index is 1.77. The third-order valence-electron chi connectivity index (χ3n) is 3.79. The molecule has 118 valence electrons. The molecular weight excluding hydrogens is 288 g/mol. The Bertz CT molecular complexity index is 785. The van der Waals surface area contributed by atoms with Gasteiger partial charge in [-0.1, -0.05) is 30.3 Å². The number of pyridine rings is 1. The molecule has 0 aliphatic carbocycles. The largest absolute Gasteiger partial charge is 0.481 e. The maximum absolute atomic E-state index is 8.95. The van der Waals surface area contributed by atoms with E-state index >= 15 is 0 Å². The number of hydrogen-bond acceptors (Lipinski definition) is 4. The summed E-state index contributed by atoms with van der Waals surface area (Å²) in [5.74, 6) is 0.646. The molecule has 0 aliphatic heterocycles. The fraction of sp³-hybridized carbons (Fsp3) is 0.211. The maximum atomic E-state index is 8.95. The molecule has 4 heteroatoms. The molecule has 0 radical (unpaired) electrons. The first-order valence-corrected chi connectivity index (χ1v) is 7.66. The number of fused-ring (bicyclic) bond motifs is 1. The van der Waals surface area contributed by atoms with Gasteiger partial charge in [-0.2, -0.15) is 0 Å². The van der Waals surface area contributed by atoms with E-state index in [0.29, 0.717) is 18.8 Å². The lowest BCUT2D eigenvalue weighted by atomic mass is 10.1. The molecule has 4 nitrogen and oxygen atoms in total. The molecule has 3 aromatic rings. The van der Waals surface area contributed by atoms with Crippen LogP contribution in [-0.4, -0.2) is 23.8 Å². The molecule has 1 aromatic heterocycles. The minimum atomic E-state index is 0.173. The molecule has 0 spiro atoms. The van der Waals surface area contributed by atoms with Gasteiger partial charge in [0.25, 0.3) is 0 Å². The van der Waals surface area contributed by atoms with Crippen LogP contribution in [0.25, 0.3) is 10.9 Å². The third kappa shape index (κ3) is 3.60. The highest BCUT2D eigenvalue weighted by Crippen LogP contribution is 2.23. The number of nitrogens with zero attached hydrogens (tertiary/aromatic N) is 1. The van der Waals surface area contributed by atoms with Gasteiger partial charge in [0.2, 0.25) is 5.88 Å². The first kappa shape index (κ1) is 15.3. The smallest absolute Gasteiger partial charge is 0.218 e. The van der Waals surface area contributed by atoms with E-state index < -0.39 is 0 Å². The van der Waals surface area contributed by atoms with Crippen LogP contribution in [0.15, 0.2) is 54.6 Å². The lowest BCUT2D eigenvalue weighted by Crippen LogP contribution is -2.03. The van der Waals surface area contributed by atoms with E-state index in [1.165, 1.54) is 0 Å². The van der Waals surface area contributed by atoms with Crippen LogP contribution in [0.4, 0.5) is 5.69 Å². The van der Waals surface area contributed by atoms with Gasteiger partial charge in [-0.3, -0.25) is 0 Å². The number of benzene rings is 2. The second kappa shape index (κ2) is 7.11. The van der Waals surface area contributed by atoms with Crippen LogP contribution >= 0.6 is 0 Å². The third-order valence-corrected chi connectivity index (χ3v) is 3.79. The van der Waals surface area contributed by atoms with Crippen molar-refractivity contribution in [1.29, 1.82) is 0 Å². The number of nitrogens with one attached hydrogen (secondary N) is 1. The zero-order chi connectivity index (χ0) is 16.1. The second-order valence-corrected chi connectivity index (χ2v) is 5.37. The van der Waals surface area contributed by atoms with Crippen molar-refractivity contribution in [3.8, 4) is 5.88 Å². The first-order valence-electron chi connectivity index (χ1n) is 7.66. The van der Waals surface area contributed by atoms with Crippen molar-refractivity contribution in [1.82, 2.24) is 4.98 Å². The number of rotatable bonds is 6. The first-order chi connectivity index (χ1) is 11.3. The Labute approximate surface area is 135 Å². The van der Waals surface area contributed by atoms with Gasteiger partial charge >= 0.3 is 0 Å². The van der Waals surface area contributed by atoms with Gasteiger partial charge in [-0.15, -0.1) is 0 Å². The lowest BCUT2D eigenvalue weighted by Gasteiger charge is -2.11. The minimum Gasteiger partial charge on any atom is -0.481 e. The Morgan fingerprint density at radius 3 is 2.61 bits per heavy atom. The van der Waals surface area contributed by atoms with Crippen molar-refractivity contribution in [2.45, 2.75) is 13.0 Å². The van der Waals surface area contributed by atoms with Crippen molar-refractivity contribution >= 4 is 16.6 Å². The van der Waals surface area contributed by atoms with Crippen LogP contribution in [0.3, 0.4) is 0 Å². The van der Waals surface area contributed by atoms with Crippen LogP contribution in [-0.2, 0) is 13.0 Å². The highest BCUT2D eigenvalue weighted by Gasteiger charge is 2.07. The quantitative estimate of drug-likeness (QED) is 0.733. The molecule has 0 aliphatic rings. The average molecular weight is 308 g/mol. The summed E-state index contributed by atoms with van der Waals surface area (Å²) in [5, 5.41) is 13.4. The Kier molecular flexibility index (Phi) is 4.74. The van der Waals surface area contributed by atoms with Gasteiger partial charge in [0.05, 0.1) is 12.6 Å². The van der Waals surface area contributed by atoms with E-state index in [0.717, 1.165) is 27.7 Å². The highest BCUT2D eigenvalue weighted by molar-refractivity contribution is 5.80. The van der Waals surface area contributed by atoms with Crippen LogP contribution < -0.4 is 10.1 Å². The molecule has 0 fully saturated rings. The van der Waals surface area contributed by atoms with Gasteiger partial charge in [-0.25, -0.2) is 4.98 Å². The van der Waals surface area contributed by atoms with Crippen LogP contribution in [0, 0.1) is 0 Å². The summed E-state index contributed by atoms with van der Waals surface area (Å²) in [5.41, 5.74) is 4.11. The van der Waals surface area contributed by atoms with Crippen molar-refractivity contribution in [2.24, 2.45) is 0 Å². The number of para-hydroxylation sites is 1. The van der Waals surface area contributed by atoms with Crippen LogP contribution in [0.1, 0.15) is 11.1 Å². The second-order valence-electron chi connectivity index (χ2n) is 5.37. The SMILES string of the molecule is COc1nc2ccccc2cc1CNc1ccc(CCO)cc1. The van der Waals surface area contributed by atoms with Gasteiger partial charge in [-0.05, 0) is 36.2 Å². The number of aliphatic hydroxyl groups excluding tert-OH is 1. The number of aromatic nitrogens is 1. The molecule has 1 heterocycles. The minimum absolute atomic E-state index is 0.173. The molecule has 2 aromatic carbocycles. The summed E-state index contributed by atoms with van der Waals surface area (Å²) in [6, 6.07) is 18.2. The number of anilines is 1. The average Bonchev–Trinajstić information content (AvgIpc) is 2.60. The molecule has 0 unspecified atom stereocenters. The topological polar surface area (TPSA) is 54.4 Å². The van der Waals surface area contributed by atoms with Crippen molar-refractivity contribution in [3.63, 3.8) is 0 Å². The molecular formula is C19H20N2O2. The molecule has 0 amide bonds. The zero-order valence-corrected chi connectivity index (χ0v) is 13.1. The van der Waals surface area contributed by atoms with Crippen molar-refractivity contribution in [3.05, 3.63) is 65.7 Å². The van der Waals surface area contributed by atoms with E-state index in [-0.39, 0.29) is 6.61 Å². The fourth-order valence-corrected chi connectivity index (χ4v) is 2.56. The Morgan fingerprint density at radius 2 is 1.87 bits per heavy atom. The molecule has 23 heavy (non-hydrogen) atoms. The summed E-state index contributed by atoms with van der Waals surface area (Å²) < 4.78 is 5.41. The molecule has 3 rings (SSSR count). The predicted octanol–water partition coefficient (Wildman–Crippen LogP) is 3.39.